The van der Waals surface area contributed by atoms with E-state index in [1.54, 1.807) is 25.1 Å². The summed E-state index contributed by atoms with van der Waals surface area (Å²) >= 11 is 0. The molecule has 1 N–H and O–H groups in total. The van der Waals surface area contributed by atoms with Crippen LogP contribution in [0.15, 0.2) is 23.1 Å². The smallest absolute Gasteiger partial charge is 0.306 e. The van der Waals surface area contributed by atoms with Crippen molar-refractivity contribution in [2.45, 2.75) is 11.8 Å². The predicted molar refractivity (Wildman–Crippen MR) is 55.1 cm³/mol. The molecule has 6 heteroatoms. The summed E-state index contributed by atoms with van der Waals surface area (Å²) in [5, 5.41) is 2.50. The van der Waals surface area contributed by atoms with Gasteiger partial charge in [-0.05, 0) is 24.6 Å². The summed E-state index contributed by atoms with van der Waals surface area (Å²) in [6, 6.07) is 4.25. The number of amides is 2. The van der Waals surface area contributed by atoms with Crippen molar-refractivity contribution in [1.29, 1.82) is 0 Å². The first kappa shape index (κ1) is 9.97. The number of hydrogen-bond donors (Lipinski definition) is 1. The molecule has 1 aliphatic rings. The Morgan fingerprint density at radius 3 is 2.67 bits per heavy atom. The molecule has 0 atom stereocenters. The van der Waals surface area contributed by atoms with Crippen LogP contribution >= 0.6 is 0 Å². The van der Waals surface area contributed by atoms with E-state index in [4.69, 9.17) is 0 Å². The van der Waals surface area contributed by atoms with Gasteiger partial charge in [-0.15, -0.1) is 0 Å². The van der Waals surface area contributed by atoms with Crippen LogP contribution in [0.3, 0.4) is 0 Å². The van der Waals surface area contributed by atoms with Gasteiger partial charge in [-0.3, -0.25) is 0 Å². The second kappa shape index (κ2) is 2.96. The first-order valence-electron chi connectivity index (χ1n) is 4.33. The number of urea groups is 1. The second-order valence-electron chi connectivity index (χ2n) is 3.40. The summed E-state index contributed by atoms with van der Waals surface area (Å²) in [4.78, 5) is 11.4. The number of nitrogens with one attached hydrogen (secondary N) is 1. The number of carbonyl (C=O) groups is 1. The molecule has 0 radical (unpaired) electrons. The molecular formula is C9H10N2O3S. The third kappa shape index (κ3) is 1.37. The fourth-order valence-corrected chi connectivity index (χ4v) is 2.69. The lowest BCUT2D eigenvalue weighted by molar-refractivity contribution is 0.240. The number of anilines is 1. The van der Waals surface area contributed by atoms with Crippen LogP contribution in [0.1, 0.15) is 5.56 Å². The highest BCUT2D eigenvalue weighted by molar-refractivity contribution is 7.90. The zero-order valence-corrected chi connectivity index (χ0v) is 9.13. The molecule has 5 nitrogen and oxygen atoms in total. The van der Waals surface area contributed by atoms with E-state index in [0.717, 1.165) is 5.56 Å². The van der Waals surface area contributed by atoms with Crippen LogP contribution in [-0.2, 0) is 10.0 Å². The van der Waals surface area contributed by atoms with Crippen LogP contribution in [0.5, 0.6) is 0 Å². The van der Waals surface area contributed by atoms with Crippen molar-refractivity contribution >= 4 is 21.7 Å². The molecule has 80 valence electrons. The first-order valence-corrected chi connectivity index (χ1v) is 5.77. The van der Waals surface area contributed by atoms with Crippen LogP contribution in [0, 0.1) is 6.92 Å². The van der Waals surface area contributed by atoms with Gasteiger partial charge < -0.3 is 5.32 Å². The summed E-state index contributed by atoms with van der Waals surface area (Å²) in [6.07, 6.45) is 0. The second-order valence-corrected chi connectivity index (χ2v) is 5.34. The van der Waals surface area contributed by atoms with Crippen LogP contribution in [0.25, 0.3) is 0 Å². The number of benzene rings is 1. The summed E-state index contributed by atoms with van der Waals surface area (Å²) in [5.74, 6) is 0. The lowest BCUT2D eigenvalue weighted by atomic mass is 10.2. The molecule has 0 saturated carbocycles. The minimum Gasteiger partial charge on any atom is -0.306 e. The number of aryl methyl sites for hydroxylation is 1. The molecule has 0 aromatic heterocycles. The zero-order chi connectivity index (χ0) is 11.2. The quantitative estimate of drug-likeness (QED) is 0.721. The SMILES string of the molecule is Cc1ccc2c(c1)S(=O)(=O)N(C)C(=O)N2. The lowest BCUT2D eigenvalue weighted by Gasteiger charge is -2.25. The number of hydrogen-bond acceptors (Lipinski definition) is 3. The number of carbonyl (C=O) groups excluding carboxylic acids is 1. The fraction of sp³-hybridized carbons (Fsp3) is 0.222. The minimum atomic E-state index is -3.67. The molecule has 1 aromatic rings. The molecule has 2 amide bonds. The van der Waals surface area contributed by atoms with Gasteiger partial charge in [-0.25, -0.2) is 17.5 Å². The van der Waals surface area contributed by atoms with Gasteiger partial charge in [0.25, 0.3) is 10.0 Å². The van der Waals surface area contributed by atoms with Crippen LogP contribution in [0.2, 0.25) is 0 Å². The summed E-state index contributed by atoms with van der Waals surface area (Å²) in [7, 11) is -2.44. The van der Waals surface area contributed by atoms with Gasteiger partial charge >= 0.3 is 6.03 Å². The third-order valence-electron chi connectivity index (χ3n) is 2.30. The number of nitrogens with zero attached hydrogens (tertiary/aromatic N) is 1. The van der Waals surface area contributed by atoms with Gasteiger partial charge in [0.15, 0.2) is 0 Å². The molecule has 0 fully saturated rings. The van der Waals surface area contributed by atoms with Crippen molar-refractivity contribution in [3.05, 3.63) is 23.8 Å². The van der Waals surface area contributed by atoms with E-state index < -0.39 is 16.1 Å². The molecule has 2 rings (SSSR count). The van der Waals surface area contributed by atoms with Crippen LogP contribution < -0.4 is 5.32 Å². The fourth-order valence-electron chi connectivity index (χ4n) is 1.40. The van der Waals surface area contributed by atoms with Crippen molar-refractivity contribution in [3.63, 3.8) is 0 Å². The van der Waals surface area contributed by atoms with Crippen molar-refractivity contribution in [1.82, 2.24) is 4.31 Å². The Bertz CT molecular complexity index is 536. The number of sulfonamides is 1. The Hall–Kier alpha value is -1.56. The van der Waals surface area contributed by atoms with E-state index in [9.17, 15) is 13.2 Å². The lowest BCUT2D eigenvalue weighted by Crippen LogP contribution is -2.41. The Kier molecular flexibility index (Phi) is 1.97. The zero-order valence-electron chi connectivity index (χ0n) is 8.31. The maximum atomic E-state index is 11.8. The average molecular weight is 226 g/mol. The first-order chi connectivity index (χ1) is 6.93. The third-order valence-corrected chi connectivity index (χ3v) is 4.08. The largest absolute Gasteiger partial charge is 0.335 e. The Balaban J connectivity index is 2.73. The molecule has 1 heterocycles. The van der Waals surface area contributed by atoms with E-state index in [1.165, 1.54) is 7.05 Å². The minimum absolute atomic E-state index is 0.143. The van der Waals surface area contributed by atoms with E-state index in [-0.39, 0.29) is 4.90 Å². The van der Waals surface area contributed by atoms with Crippen molar-refractivity contribution in [2.24, 2.45) is 0 Å². The standard InChI is InChI=1S/C9H10N2O3S/c1-6-3-4-7-8(5-6)15(13,14)11(2)9(12)10-7/h3-5H,1-2H3,(H,10,12). The molecule has 0 spiro atoms. The molecule has 0 bridgehead atoms. The molecule has 0 saturated heterocycles. The summed E-state index contributed by atoms with van der Waals surface area (Å²) in [5.41, 5.74) is 1.17. The van der Waals surface area contributed by atoms with Gasteiger partial charge in [-0.1, -0.05) is 6.07 Å². The Labute approximate surface area is 87.8 Å². The molecule has 0 unspecified atom stereocenters. The summed E-state index contributed by atoms with van der Waals surface area (Å²) < 4.78 is 24.4. The maximum Gasteiger partial charge on any atom is 0.335 e. The van der Waals surface area contributed by atoms with Gasteiger partial charge in [-0.2, -0.15) is 0 Å². The normalized spacial score (nSPS) is 18.3. The molecule has 1 aliphatic heterocycles. The monoisotopic (exact) mass is 226 g/mol. The molecule has 1 aromatic carbocycles. The highest BCUT2D eigenvalue weighted by Crippen LogP contribution is 2.29. The van der Waals surface area contributed by atoms with Crippen LogP contribution in [0.4, 0.5) is 10.5 Å². The van der Waals surface area contributed by atoms with Crippen molar-refractivity contribution in [2.75, 3.05) is 12.4 Å². The van der Waals surface area contributed by atoms with E-state index >= 15 is 0 Å². The molecule has 15 heavy (non-hydrogen) atoms. The Morgan fingerprint density at radius 2 is 2.00 bits per heavy atom. The van der Waals surface area contributed by atoms with Crippen LogP contribution in [-0.4, -0.2) is 25.8 Å². The van der Waals surface area contributed by atoms with Crippen molar-refractivity contribution in [3.8, 4) is 0 Å². The predicted octanol–water partition coefficient (Wildman–Crippen LogP) is 1.16. The maximum absolute atomic E-state index is 11.8. The number of fused-ring (bicyclic) bond motifs is 1. The van der Waals surface area contributed by atoms with E-state index in [0.29, 0.717) is 9.99 Å². The topological polar surface area (TPSA) is 66.5 Å². The van der Waals surface area contributed by atoms with Gasteiger partial charge in [0, 0.05) is 7.05 Å². The van der Waals surface area contributed by atoms with E-state index in [1.807, 2.05) is 0 Å². The highest BCUT2D eigenvalue weighted by Gasteiger charge is 2.33. The highest BCUT2D eigenvalue weighted by atomic mass is 32.2. The summed E-state index contributed by atoms with van der Waals surface area (Å²) in [6.45, 7) is 1.80. The van der Waals surface area contributed by atoms with Gasteiger partial charge in [0.05, 0.1) is 5.69 Å². The van der Waals surface area contributed by atoms with Gasteiger partial charge in [0.2, 0.25) is 0 Å². The van der Waals surface area contributed by atoms with Crippen molar-refractivity contribution < 1.29 is 13.2 Å². The average Bonchev–Trinajstić information content (AvgIpc) is 2.17. The van der Waals surface area contributed by atoms with Gasteiger partial charge in [0.1, 0.15) is 4.90 Å². The Morgan fingerprint density at radius 1 is 1.33 bits per heavy atom. The van der Waals surface area contributed by atoms with E-state index in [2.05, 4.69) is 5.32 Å². The number of rotatable bonds is 0. The molecular weight excluding hydrogens is 216 g/mol. The molecule has 0 aliphatic carbocycles.